The zero-order chi connectivity index (χ0) is 18.8. The van der Waals surface area contributed by atoms with Gasteiger partial charge in [0.05, 0.1) is 12.5 Å². The second-order valence-corrected chi connectivity index (χ2v) is 8.37. The van der Waals surface area contributed by atoms with Crippen LogP contribution in [0, 0.1) is 23.7 Å². The number of rotatable bonds is 5. The number of amides is 2. The van der Waals surface area contributed by atoms with Crippen LogP contribution in [0.15, 0.2) is 12.2 Å². The van der Waals surface area contributed by atoms with Crippen molar-refractivity contribution in [3.05, 3.63) is 12.2 Å². The van der Waals surface area contributed by atoms with Crippen LogP contribution in [0.1, 0.15) is 54.4 Å². The smallest absolute Gasteiger partial charge is 0.417 e. The van der Waals surface area contributed by atoms with Crippen LogP contribution in [0.4, 0.5) is 4.79 Å². The molecular weight excluding hydrogens is 318 g/mol. The number of fused-ring (bicyclic) bond motifs is 1. The zero-order valence-electron chi connectivity index (χ0n) is 16.5. The fraction of sp³-hybridized carbons (Fsp3) is 0.800. The fourth-order valence-corrected chi connectivity index (χ4v) is 3.92. The summed E-state index contributed by atoms with van der Waals surface area (Å²) in [5, 5.41) is 0. The first-order valence-electron chi connectivity index (χ1n) is 9.49. The summed E-state index contributed by atoms with van der Waals surface area (Å²) in [4.78, 5) is 26.7. The Bertz CT molecular complexity index is 522. The van der Waals surface area contributed by atoms with Gasteiger partial charge in [-0.25, -0.2) is 9.69 Å². The molecule has 1 saturated heterocycles. The average Bonchev–Trinajstić information content (AvgIpc) is 2.75. The highest BCUT2D eigenvalue weighted by molar-refractivity contribution is 5.97. The molecule has 0 aromatic rings. The van der Waals surface area contributed by atoms with Crippen molar-refractivity contribution in [1.29, 1.82) is 0 Å². The lowest BCUT2D eigenvalue weighted by Gasteiger charge is -2.36. The summed E-state index contributed by atoms with van der Waals surface area (Å²) in [5.41, 5.74) is -0.614. The van der Waals surface area contributed by atoms with Crippen molar-refractivity contribution in [2.24, 2.45) is 23.7 Å². The largest absolute Gasteiger partial charge is 0.443 e. The highest BCUT2D eigenvalue weighted by Gasteiger charge is 2.53. The van der Waals surface area contributed by atoms with Gasteiger partial charge >= 0.3 is 6.09 Å². The summed E-state index contributed by atoms with van der Waals surface area (Å²) >= 11 is 0. The number of nitrogens with zero attached hydrogens (tertiary/aromatic N) is 1. The van der Waals surface area contributed by atoms with Crippen LogP contribution in [0.5, 0.6) is 0 Å². The van der Waals surface area contributed by atoms with Crippen molar-refractivity contribution in [3.63, 3.8) is 0 Å². The second-order valence-electron chi connectivity index (χ2n) is 8.37. The number of imide groups is 1. The van der Waals surface area contributed by atoms with Gasteiger partial charge in [0.1, 0.15) is 5.60 Å². The normalized spacial score (nSPS) is 32.0. The van der Waals surface area contributed by atoms with E-state index < -0.39 is 11.7 Å². The van der Waals surface area contributed by atoms with E-state index in [1.165, 1.54) is 4.90 Å². The molecule has 5 atom stereocenters. The van der Waals surface area contributed by atoms with Gasteiger partial charge in [-0.1, -0.05) is 32.4 Å². The van der Waals surface area contributed by atoms with Gasteiger partial charge < -0.3 is 9.47 Å². The molecule has 0 aromatic heterocycles. The van der Waals surface area contributed by atoms with Gasteiger partial charge in [-0.15, -0.1) is 0 Å². The molecule has 0 spiro atoms. The monoisotopic (exact) mass is 351 g/mol. The van der Waals surface area contributed by atoms with Gasteiger partial charge in [-0.2, -0.15) is 0 Å². The van der Waals surface area contributed by atoms with Crippen LogP contribution in [-0.2, 0) is 14.3 Å². The van der Waals surface area contributed by atoms with E-state index in [-0.39, 0.29) is 29.7 Å². The van der Waals surface area contributed by atoms with Crippen molar-refractivity contribution >= 4 is 12.0 Å². The lowest BCUT2D eigenvalue weighted by atomic mass is 9.70. The van der Waals surface area contributed by atoms with Crippen molar-refractivity contribution in [2.75, 3.05) is 13.2 Å². The van der Waals surface area contributed by atoms with Crippen LogP contribution in [0.2, 0.25) is 0 Å². The van der Waals surface area contributed by atoms with Crippen molar-refractivity contribution < 1.29 is 19.1 Å². The molecule has 0 N–H and O–H groups in total. The summed E-state index contributed by atoms with van der Waals surface area (Å²) in [7, 11) is 0. The first-order valence-corrected chi connectivity index (χ1v) is 9.49. The van der Waals surface area contributed by atoms with Gasteiger partial charge in [0.2, 0.25) is 5.91 Å². The Morgan fingerprint density at radius 3 is 2.52 bits per heavy atom. The lowest BCUT2D eigenvalue weighted by molar-refractivity contribution is -0.130. The van der Waals surface area contributed by atoms with Gasteiger partial charge in [0.15, 0.2) is 0 Å². The maximum atomic E-state index is 12.8. The zero-order valence-corrected chi connectivity index (χ0v) is 16.5. The van der Waals surface area contributed by atoms with E-state index in [4.69, 9.17) is 9.47 Å². The number of allylic oxidation sites excluding steroid dienone is 1. The maximum absolute atomic E-state index is 12.8. The topological polar surface area (TPSA) is 55.8 Å². The van der Waals surface area contributed by atoms with Gasteiger partial charge in [0, 0.05) is 18.6 Å². The molecule has 0 radical (unpaired) electrons. The third-order valence-electron chi connectivity index (χ3n) is 5.24. The number of carbonyl (C=O) groups excluding carboxylic acids is 2. The number of likely N-dealkylation sites (tertiary alicyclic amines) is 1. The van der Waals surface area contributed by atoms with E-state index in [9.17, 15) is 9.59 Å². The lowest BCUT2D eigenvalue weighted by Crippen LogP contribution is -2.43. The molecule has 2 rings (SSSR count). The summed E-state index contributed by atoms with van der Waals surface area (Å²) in [6, 6.07) is -0.181. The Balaban J connectivity index is 2.14. The van der Waals surface area contributed by atoms with Gasteiger partial charge in [0.25, 0.3) is 0 Å². The summed E-state index contributed by atoms with van der Waals surface area (Å²) < 4.78 is 11.3. The molecule has 0 aromatic carbocycles. The molecule has 1 aliphatic heterocycles. The molecule has 0 saturated carbocycles. The molecular formula is C20H33NO4. The summed E-state index contributed by atoms with van der Waals surface area (Å²) in [5.74, 6) is 0.253. The third kappa shape index (κ3) is 4.43. The molecule has 0 bridgehead atoms. The Kier molecular flexibility index (Phi) is 6.30. The highest BCUT2D eigenvalue weighted by atomic mass is 16.6. The molecule has 2 aliphatic rings. The van der Waals surface area contributed by atoms with E-state index in [1.807, 2.05) is 33.8 Å². The van der Waals surface area contributed by atoms with Crippen LogP contribution in [0.25, 0.3) is 0 Å². The minimum Gasteiger partial charge on any atom is -0.443 e. The maximum Gasteiger partial charge on any atom is 0.417 e. The van der Waals surface area contributed by atoms with E-state index in [2.05, 4.69) is 19.9 Å². The van der Waals surface area contributed by atoms with Crippen LogP contribution in [0.3, 0.4) is 0 Å². The quantitative estimate of drug-likeness (QED) is 0.554. The number of ether oxygens (including phenoxy) is 2. The number of hydrogen-bond donors (Lipinski definition) is 0. The molecule has 5 heteroatoms. The standard InChI is InChI=1S/C20H33NO4/c1-7-8-11-24-12-16-13(2)9-10-15-17(16)14(3)21(18(15)22)19(23)25-20(4,5)6/h9-10,13-17H,7-8,11-12H2,1-6H3/t13-,14-,15-,16+,17-/m1/s1. The van der Waals surface area contributed by atoms with Crippen LogP contribution in [-0.4, -0.2) is 41.8 Å². The Morgan fingerprint density at radius 1 is 1.24 bits per heavy atom. The molecule has 25 heavy (non-hydrogen) atoms. The van der Waals surface area contributed by atoms with Crippen LogP contribution >= 0.6 is 0 Å². The minimum absolute atomic E-state index is 0.0849. The number of unbranched alkanes of at least 4 members (excludes halogenated alkanes) is 1. The second kappa shape index (κ2) is 7.90. The fourth-order valence-electron chi connectivity index (χ4n) is 3.92. The average molecular weight is 351 g/mol. The summed E-state index contributed by atoms with van der Waals surface area (Å²) in [6.45, 7) is 13.1. The summed E-state index contributed by atoms with van der Waals surface area (Å²) in [6.07, 6.45) is 5.68. The Hall–Kier alpha value is -1.36. The van der Waals surface area contributed by atoms with E-state index in [0.717, 1.165) is 19.4 Å². The first-order chi connectivity index (χ1) is 11.7. The SMILES string of the molecule is CCCCOC[C@@H]1[C@@H]2[C@@H](C)N(C(=O)OC(C)(C)C)C(=O)[C@@H]2C=C[C@H]1C. The predicted molar refractivity (Wildman–Crippen MR) is 97.0 cm³/mol. The molecule has 142 valence electrons. The van der Waals surface area contributed by atoms with Crippen molar-refractivity contribution in [2.45, 2.75) is 66.0 Å². The third-order valence-corrected chi connectivity index (χ3v) is 5.24. The van der Waals surface area contributed by atoms with Crippen molar-refractivity contribution in [1.82, 2.24) is 4.90 Å². The van der Waals surface area contributed by atoms with Crippen molar-refractivity contribution in [3.8, 4) is 0 Å². The van der Waals surface area contributed by atoms with Gasteiger partial charge in [-0.05, 0) is 46.0 Å². The van der Waals surface area contributed by atoms with Gasteiger partial charge in [-0.3, -0.25) is 4.79 Å². The molecule has 1 fully saturated rings. The molecule has 0 unspecified atom stereocenters. The molecule has 1 aliphatic carbocycles. The molecule has 5 nitrogen and oxygen atoms in total. The minimum atomic E-state index is -0.614. The van der Waals surface area contributed by atoms with E-state index >= 15 is 0 Å². The van der Waals surface area contributed by atoms with Crippen LogP contribution < -0.4 is 0 Å². The van der Waals surface area contributed by atoms with E-state index in [1.54, 1.807) is 0 Å². The predicted octanol–water partition coefficient (Wildman–Crippen LogP) is 4.02. The number of carbonyl (C=O) groups is 2. The Labute approximate surface area is 151 Å². The Morgan fingerprint density at radius 2 is 1.92 bits per heavy atom. The number of hydrogen-bond acceptors (Lipinski definition) is 4. The molecule has 2 amide bonds. The highest BCUT2D eigenvalue weighted by Crippen LogP contribution is 2.44. The van der Waals surface area contributed by atoms with E-state index in [0.29, 0.717) is 12.5 Å². The molecule has 1 heterocycles. The first kappa shape index (κ1) is 20.0.